The van der Waals surface area contributed by atoms with Gasteiger partial charge in [0.2, 0.25) is 5.89 Å². The Bertz CT molecular complexity index is 973. The molecule has 1 saturated heterocycles. The van der Waals surface area contributed by atoms with Crippen molar-refractivity contribution in [1.29, 1.82) is 0 Å². The van der Waals surface area contributed by atoms with E-state index in [0.717, 1.165) is 23.8 Å². The van der Waals surface area contributed by atoms with E-state index in [9.17, 15) is 4.79 Å². The Kier molecular flexibility index (Phi) is 6.12. The number of rotatable bonds is 5. The first-order chi connectivity index (χ1) is 14.7. The molecule has 4 rings (SSSR count). The molecule has 0 aliphatic carbocycles. The molecule has 1 aliphatic heterocycles. The number of carbonyl (C=O) groups is 1. The summed E-state index contributed by atoms with van der Waals surface area (Å²) in [5.41, 5.74) is 1.72. The summed E-state index contributed by atoms with van der Waals surface area (Å²) >= 11 is 0. The van der Waals surface area contributed by atoms with Crippen LogP contribution in [-0.4, -0.2) is 59.4 Å². The lowest BCUT2D eigenvalue weighted by Crippen LogP contribution is -2.53. The third-order valence-electron chi connectivity index (χ3n) is 4.90. The van der Waals surface area contributed by atoms with Crippen LogP contribution in [0.1, 0.15) is 23.2 Å². The second-order valence-corrected chi connectivity index (χ2v) is 6.94. The van der Waals surface area contributed by atoms with E-state index in [1.165, 1.54) is 6.26 Å². The molecule has 0 saturated carbocycles. The fraction of sp³-hybridized carbons (Fsp3) is 0.318. The van der Waals surface area contributed by atoms with E-state index < -0.39 is 0 Å². The van der Waals surface area contributed by atoms with Gasteiger partial charge in [0.25, 0.3) is 5.91 Å². The standard InChI is InChI=1S/C22H25N5O3/c1-2-23-22(24-15-18-16-30-20(25-18)17-7-4-3-5-8-17)27-12-10-26(11-13-27)21(28)19-9-6-14-29-19/h3-9,14,16H,2,10-13,15H2,1H3,(H,23,24). The lowest BCUT2D eigenvalue weighted by molar-refractivity contribution is 0.0657. The molecule has 1 fully saturated rings. The van der Waals surface area contributed by atoms with Crippen molar-refractivity contribution in [2.75, 3.05) is 32.7 Å². The first-order valence-corrected chi connectivity index (χ1v) is 10.1. The van der Waals surface area contributed by atoms with Gasteiger partial charge in [-0.15, -0.1) is 0 Å². The molecule has 2 aromatic heterocycles. The Morgan fingerprint density at radius 1 is 1.07 bits per heavy atom. The minimum absolute atomic E-state index is 0.0716. The lowest BCUT2D eigenvalue weighted by atomic mass is 10.2. The van der Waals surface area contributed by atoms with E-state index in [4.69, 9.17) is 13.8 Å². The summed E-state index contributed by atoms with van der Waals surface area (Å²) in [5, 5.41) is 3.33. The number of nitrogens with one attached hydrogen (secondary N) is 1. The maximum absolute atomic E-state index is 12.4. The van der Waals surface area contributed by atoms with Crippen LogP contribution in [0.5, 0.6) is 0 Å². The lowest BCUT2D eigenvalue weighted by Gasteiger charge is -2.36. The van der Waals surface area contributed by atoms with Crippen LogP contribution in [0.3, 0.4) is 0 Å². The van der Waals surface area contributed by atoms with Crippen molar-refractivity contribution >= 4 is 11.9 Å². The molecule has 0 spiro atoms. The molecule has 3 aromatic rings. The maximum atomic E-state index is 12.4. The summed E-state index contributed by atoms with van der Waals surface area (Å²) in [6.45, 7) is 5.86. The average molecular weight is 407 g/mol. The molecule has 8 nitrogen and oxygen atoms in total. The van der Waals surface area contributed by atoms with Gasteiger partial charge in [0.05, 0.1) is 12.8 Å². The van der Waals surface area contributed by atoms with Gasteiger partial charge in [0.1, 0.15) is 12.0 Å². The number of carbonyl (C=O) groups excluding carboxylic acids is 1. The minimum atomic E-state index is -0.0716. The van der Waals surface area contributed by atoms with Crippen LogP contribution in [0.15, 0.2) is 68.8 Å². The van der Waals surface area contributed by atoms with E-state index in [0.29, 0.717) is 44.4 Å². The number of aromatic nitrogens is 1. The molecule has 3 heterocycles. The third-order valence-corrected chi connectivity index (χ3v) is 4.90. The SMILES string of the molecule is CCNC(=NCc1coc(-c2ccccc2)n1)N1CCN(C(=O)c2ccco2)CC1. The van der Waals surface area contributed by atoms with Gasteiger partial charge >= 0.3 is 0 Å². The number of piperazine rings is 1. The largest absolute Gasteiger partial charge is 0.459 e. The second kappa shape index (κ2) is 9.30. The number of benzene rings is 1. The Morgan fingerprint density at radius 2 is 1.83 bits per heavy atom. The maximum Gasteiger partial charge on any atom is 0.289 e. The molecule has 0 radical (unpaired) electrons. The molecule has 30 heavy (non-hydrogen) atoms. The van der Waals surface area contributed by atoms with Gasteiger partial charge in [-0.2, -0.15) is 0 Å². The Balaban J connectivity index is 1.38. The molecule has 0 bridgehead atoms. The number of aliphatic imine (C=N–C) groups is 1. The summed E-state index contributed by atoms with van der Waals surface area (Å²) in [4.78, 5) is 25.7. The number of amides is 1. The number of nitrogens with zero attached hydrogens (tertiary/aromatic N) is 4. The minimum Gasteiger partial charge on any atom is -0.459 e. The number of furan rings is 1. The zero-order chi connectivity index (χ0) is 20.8. The number of hydrogen-bond donors (Lipinski definition) is 1. The first kappa shape index (κ1) is 19.8. The number of oxazole rings is 1. The van der Waals surface area contributed by atoms with Gasteiger partial charge in [-0.05, 0) is 31.2 Å². The van der Waals surface area contributed by atoms with Crippen LogP contribution in [0.2, 0.25) is 0 Å². The van der Waals surface area contributed by atoms with Gasteiger partial charge in [0, 0.05) is 38.3 Å². The highest BCUT2D eigenvalue weighted by Crippen LogP contribution is 2.18. The van der Waals surface area contributed by atoms with Crippen molar-refractivity contribution in [3.05, 3.63) is 66.4 Å². The predicted octanol–water partition coefficient (Wildman–Crippen LogP) is 2.86. The van der Waals surface area contributed by atoms with E-state index in [1.807, 2.05) is 42.2 Å². The Morgan fingerprint density at radius 3 is 2.53 bits per heavy atom. The zero-order valence-corrected chi connectivity index (χ0v) is 17.0. The molecule has 1 amide bonds. The molecule has 156 valence electrons. The van der Waals surface area contributed by atoms with Crippen LogP contribution in [-0.2, 0) is 6.54 Å². The highest BCUT2D eigenvalue weighted by atomic mass is 16.3. The van der Waals surface area contributed by atoms with Crippen LogP contribution in [0.25, 0.3) is 11.5 Å². The summed E-state index contributed by atoms with van der Waals surface area (Å²) in [6.07, 6.45) is 3.17. The Labute approximate surface area is 175 Å². The normalized spacial score (nSPS) is 14.8. The fourth-order valence-electron chi connectivity index (χ4n) is 3.35. The number of guanidine groups is 1. The Hall–Kier alpha value is -3.55. The summed E-state index contributed by atoms with van der Waals surface area (Å²) in [5.74, 6) is 1.71. The zero-order valence-electron chi connectivity index (χ0n) is 17.0. The molecular weight excluding hydrogens is 382 g/mol. The van der Waals surface area contributed by atoms with Crippen molar-refractivity contribution in [1.82, 2.24) is 20.1 Å². The average Bonchev–Trinajstić information content (AvgIpc) is 3.49. The molecule has 1 N–H and O–H groups in total. The predicted molar refractivity (Wildman–Crippen MR) is 113 cm³/mol. The first-order valence-electron chi connectivity index (χ1n) is 10.1. The molecule has 0 unspecified atom stereocenters. The van der Waals surface area contributed by atoms with Gasteiger partial charge in [0.15, 0.2) is 11.7 Å². The number of hydrogen-bond acceptors (Lipinski definition) is 5. The van der Waals surface area contributed by atoms with E-state index >= 15 is 0 Å². The summed E-state index contributed by atoms with van der Waals surface area (Å²) < 4.78 is 10.8. The van der Waals surface area contributed by atoms with Crippen LogP contribution >= 0.6 is 0 Å². The van der Waals surface area contributed by atoms with Crippen molar-refractivity contribution in [3.8, 4) is 11.5 Å². The van der Waals surface area contributed by atoms with Crippen molar-refractivity contribution in [3.63, 3.8) is 0 Å². The van der Waals surface area contributed by atoms with E-state index in [2.05, 4.69) is 15.2 Å². The molecule has 8 heteroatoms. The smallest absolute Gasteiger partial charge is 0.289 e. The van der Waals surface area contributed by atoms with Crippen molar-refractivity contribution < 1.29 is 13.6 Å². The van der Waals surface area contributed by atoms with Crippen LogP contribution in [0.4, 0.5) is 0 Å². The highest BCUT2D eigenvalue weighted by Gasteiger charge is 2.25. The van der Waals surface area contributed by atoms with E-state index in [-0.39, 0.29) is 5.91 Å². The molecular formula is C22H25N5O3. The summed E-state index contributed by atoms with van der Waals surface area (Å²) in [7, 11) is 0. The topological polar surface area (TPSA) is 87.1 Å². The van der Waals surface area contributed by atoms with E-state index in [1.54, 1.807) is 18.4 Å². The van der Waals surface area contributed by atoms with Gasteiger partial charge < -0.3 is 24.0 Å². The summed E-state index contributed by atoms with van der Waals surface area (Å²) in [6, 6.07) is 13.2. The molecule has 0 atom stereocenters. The molecule has 1 aromatic carbocycles. The fourth-order valence-corrected chi connectivity index (χ4v) is 3.35. The second-order valence-electron chi connectivity index (χ2n) is 6.94. The van der Waals surface area contributed by atoms with Crippen molar-refractivity contribution in [2.24, 2.45) is 4.99 Å². The quantitative estimate of drug-likeness (QED) is 0.517. The van der Waals surface area contributed by atoms with Crippen LogP contribution in [0, 0.1) is 0 Å². The van der Waals surface area contributed by atoms with Gasteiger partial charge in [-0.3, -0.25) is 4.79 Å². The molecule has 1 aliphatic rings. The monoisotopic (exact) mass is 407 g/mol. The van der Waals surface area contributed by atoms with Crippen molar-refractivity contribution in [2.45, 2.75) is 13.5 Å². The highest BCUT2D eigenvalue weighted by molar-refractivity contribution is 5.91. The van der Waals surface area contributed by atoms with Crippen LogP contribution < -0.4 is 5.32 Å². The third kappa shape index (κ3) is 4.53. The van der Waals surface area contributed by atoms with Gasteiger partial charge in [-0.1, -0.05) is 18.2 Å². The van der Waals surface area contributed by atoms with Gasteiger partial charge in [-0.25, -0.2) is 9.98 Å².